The Morgan fingerprint density at radius 2 is 1.65 bits per heavy atom. The number of allylic oxidation sites excluding steroid dienone is 2. The van der Waals surface area contributed by atoms with E-state index in [1.54, 1.807) is 12.1 Å². The summed E-state index contributed by atoms with van der Waals surface area (Å²) < 4.78 is 5.36. The van der Waals surface area contributed by atoms with Gasteiger partial charge >= 0.3 is 5.97 Å². The van der Waals surface area contributed by atoms with Gasteiger partial charge in [0.2, 0.25) is 11.8 Å². The second-order valence-corrected chi connectivity index (χ2v) is 8.14. The minimum atomic E-state index is -0.570. The van der Waals surface area contributed by atoms with E-state index in [1.165, 1.54) is 0 Å². The summed E-state index contributed by atoms with van der Waals surface area (Å²) in [5, 5.41) is 0. The number of imide groups is 1. The molecule has 5 nitrogen and oxygen atoms in total. The molecule has 0 spiro atoms. The number of carbonyl (C=O) groups is 3. The normalized spacial score (nSPS) is 36.2. The molecule has 2 amide bonds. The number of likely N-dealkylation sites (tertiary alicyclic amines) is 1. The van der Waals surface area contributed by atoms with Crippen molar-refractivity contribution in [1.29, 1.82) is 0 Å². The maximum atomic E-state index is 12.9. The lowest BCUT2D eigenvalue weighted by Crippen LogP contribution is -2.40. The molecule has 0 N–H and O–H groups in total. The molecule has 3 fully saturated rings. The summed E-state index contributed by atoms with van der Waals surface area (Å²) in [5.41, 5.74) is 2.14. The lowest BCUT2D eigenvalue weighted by molar-refractivity contribution is -0.148. The average molecular weight is 351 g/mol. The van der Waals surface area contributed by atoms with Crippen molar-refractivity contribution < 1.29 is 19.1 Å². The van der Waals surface area contributed by atoms with Gasteiger partial charge < -0.3 is 4.74 Å². The van der Waals surface area contributed by atoms with Crippen molar-refractivity contribution in [2.45, 2.75) is 20.3 Å². The van der Waals surface area contributed by atoms with Gasteiger partial charge in [0.15, 0.2) is 0 Å². The fourth-order valence-corrected chi connectivity index (χ4v) is 5.24. The van der Waals surface area contributed by atoms with E-state index in [-0.39, 0.29) is 42.0 Å². The molecule has 1 aromatic rings. The van der Waals surface area contributed by atoms with Crippen LogP contribution in [0.2, 0.25) is 0 Å². The van der Waals surface area contributed by atoms with Crippen molar-refractivity contribution in [1.82, 2.24) is 4.90 Å². The fraction of sp³-hybridized carbons (Fsp3) is 0.476. The number of ether oxygens (including phenoxy) is 1. The van der Waals surface area contributed by atoms with E-state index < -0.39 is 5.97 Å². The van der Waals surface area contributed by atoms with E-state index in [0.717, 1.165) is 22.4 Å². The summed E-state index contributed by atoms with van der Waals surface area (Å²) in [6.07, 6.45) is 5.38. The number of nitrogens with zero attached hydrogens (tertiary/aromatic N) is 1. The van der Waals surface area contributed by atoms with Gasteiger partial charge in [0.05, 0.1) is 11.8 Å². The van der Waals surface area contributed by atoms with Crippen molar-refractivity contribution in [3.05, 3.63) is 41.5 Å². The smallest absolute Gasteiger partial charge is 0.331 e. The monoisotopic (exact) mass is 351 g/mol. The number of carbonyl (C=O) groups excluding carboxylic acids is 3. The van der Waals surface area contributed by atoms with E-state index in [0.29, 0.717) is 17.6 Å². The first-order valence-corrected chi connectivity index (χ1v) is 9.27. The van der Waals surface area contributed by atoms with Crippen molar-refractivity contribution in [2.75, 3.05) is 6.54 Å². The van der Waals surface area contributed by atoms with Crippen LogP contribution in [0.3, 0.4) is 0 Å². The predicted octanol–water partition coefficient (Wildman–Crippen LogP) is 2.26. The molecule has 5 heteroatoms. The maximum absolute atomic E-state index is 12.9. The van der Waals surface area contributed by atoms with Crippen LogP contribution in [0.1, 0.15) is 17.5 Å². The highest BCUT2D eigenvalue weighted by atomic mass is 16.5. The molecule has 6 atom stereocenters. The van der Waals surface area contributed by atoms with Gasteiger partial charge in [-0.15, -0.1) is 0 Å². The Kier molecular flexibility index (Phi) is 3.21. The molecule has 1 aromatic carbocycles. The molecule has 0 unspecified atom stereocenters. The van der Waals surface area contributed by atoms with E-state index >= 15 is 0 Å². The molecule has 1 heterocycles. The second kappa shape index (κ2) is 5.29. The zero-order chi connectivity index (χ0) is 18.2. The van der Waals surface area contributed by atoms with Crippen LogP contribution in [0.5, 0.6) is 5.75 Å². The first-order valence-electron chi connectivity index (χ1n) is 9.27. The number of hydrogen-bond donors (Lipinski definition) is 0. The van der Waals surface area contributed by atoms with Gasteiger partial charge in [0, 0.05) is 0 Å². The largest absolute Gasteiger partial charge is 0.425 e. The van der Waals surface area contributed by atoms with Crippen molar-refractivity contribution in [2.24, 2.45) is 35.5 Å². The Labute approximate surface area is 152 Å². The summed E-state index contributed by atoms with van der Waals surface area (Å²) in [4.78, 5) is 39.2. The molecule has 26 heavy (non-hydrogen) atoms. The second-order valence-electron chi connectivity index (χ2n) is 8.14. The first-order chi connectivity index (χ1) is 12.5. The third-order valence-corrected chi connectivity index (χ3v) is 6.75. The highest BCUT2D eigenvalue weighted by Crippen LogP contribution is 2.65. The lowest BCUT2D eigenvalue weighted by Gasteiger charge is -2.37. The number of esters is 1. The van der Waals surface area contributed by atoms with Crippen LogP contribution in [0, 0.1) is 49.4 Å². The third kappa shape index (κ3) is 2.12. The van der Waals surface area contributed by atoms with Crippen molar-refractivity contribution in [3.8, 4) is 5.75 Å². The number of rotatable bonds is 3. The summed E-state index contributed by atoms with van der Waals surface area (Å²) in [5.74, 6) is 0.418. The minimum absolute atomic E-state index is 0.173. The lowest BCUT2D eigenvalue weighted by atomic mass is 9.63. The average Bonchev–Trinajstić information content (AvgIpc) is 3.39. The van der Waals surface area contributed by atoms with Crippen LogP contribution in [-0.4, -0.2) is 29.2 Å². The number of aryl methyl sites for hydroxylation is 2. The van der Waals surface area contributed by atoms with Gasteiger partial charge in [-0.05, 0) is 67.2 Å². The topological polar surface area (TPSA) is 63.7 Å². The molecule has 1 aliphatic heterocycles. The van der Waals surface area contributed by atoms with Crippen LogP contribution in [0.4, 0.5) is 0 Å². The fourth-order valence-electron chi connectivity index (χ4n) is 5.24. The first kappa shape index (κ1) is 15.8. The molecule has 0 aromatic heterocycles. The van der Waals surface area contributed by atoms with E-state index in [2.05, 4.69) is 12.2 Å². The van der Waals surface area contributed by atoms with Crippen molar-refractivity contribution >= 4 is 17.8 Å². The van der Waals surface area contributed by atoms with Gasteiger partial charge in [-0.3, -0.25) is 14.5 Å². The molecule has 6 rings (SSSR count). The standard InChI is InChI=1S/C21H21NO4/c1-10-3-4-12(7-11(10)2)26-17(23)9-22-20(24)18-13-5-6-14(16-8-15(13)16)19(18)21(22)25/h3-7,13-16,18-19H,8-9H2,1-2H3/t13-,14-,15-,16+,18+,19+/m0/s1. The Hall–Kier alpha value is -2.43. The number of benzene rings is 1. The summed E-state index contributed by atoms with van der Waals surface area (Å²) in [6.45, 7) is 3.63. The molecule has 2 saturated carbocycles. The minimum Gasteiger partial charge on any atom is -0.425 e. The summed E-state index contributed by atoms with van der Waals surface area (Å²) >= 11 is 0. The molecule has 4 aliphatic carbocycles. The Bertz CT molecular complexity index is 837. The van der Waals surface area contributed by atoms with Gasteiger partial charge in [0.25, 0.3) is 0 Å². The van der Waals surface area contributed by atoms with E-state index in [1.807, 2.05) is 19.9 Å². The van der Waals surface area contributed by atoms with Crippen LogP contribution in [0.25, 0.3) is 0 Å². The Morgan fingerprint density at radius 3 is 2.23 bits per heavy atom. The molecular weight excluding hydrogens is 330 g/mol. The van der Waals surface area contributed by atoms with Crippen LogP contribution < -0.4 is 4.74 Å². The maximum Gasteiger partial charge on any atom is 0.331 e. The molecule has 0 radical (unpaired) electrons. The highest BCUT2D eigenvalue weighted by molar-refractivity contribution is 6.08. The number of hydrogen-bond acceptors (Lipinski definition) is 4. The third-order valence-electron chi connectivity index (χ3n) is 6.75. The summed E-state index contributed by atoms with van der Waals surface area (Å²) in [7, 11) is 0. The van der Waals surface area contributed by atoms with E-state index in [9.17, 15) is 14.4 Å². The van der Waals surface area contributed by atoms with Gasteiger partial charge in [-0.1, -0.05) is 18.2 Å². The summed E-state index contributed by atoms with van der Waals surface area (Å²) in [6, 6.07) is 5.40. The highest BCUT2D eigenvalue weighted by Gasteiger charge is 2.67. The Morgan fingerprint density at radius 1 is 1.04 bits per heavy atom. The predicted molar refractivity (Wildman–Crippen MR) is 93.0 cm³/mol. The Balaban J connectivity index is 1.32. The molecule has 1 saturated heterocycles. The zero-order valence-corrected chi connectivity index (χ0v) is 14.8. The van der Waals surface area contributed by atoms with Crippen LogP contribution in [0.15, 0.2) is 30.4 Å². The van der Waals surface area contributed by atoms with Gasteiger partial charge in [0.1, 0.15) is 12.3 Å². The SMILES string of the molecule is Cc1ccc(OC(=O)CN2C(=O)[C@@H]3[C@H]4C=C[C@@H]([C@@H]5C[C@H]45)[C@H]3C2=O)cc1C. The van der Waals surface area contributed by atoms with Crippen LogP contribution in [-0.2, 0) is 14.4 Å². The van der Waals surface area contributed by atoms with Gasteiger partial charge in [-0.25, -0.2) is 4.79 Å². The zero-order valence-electron chi connectivity index (χ0n) is 14.8. The van der Waals surface area contributed by atoms with Crippen molar-refractivity contribution in [3.63, 3.8) is 0 Å². The quantitative estimate of drug-likeness (QED) is 0.363. The molecule has 2 bridgehead atoms. The molecule has 134 valence electrons. The van der Waals surface area contributed by atoms with E-state index in [4.69, 9.17) is 4.74 Å². The molecular formula is C21H21NO4. The number of amides is 2. The van der Waals surface area contributed by atoms with Gasteiger partial charge in [-0.2, -0.15) is 0 Å². The van der Waals surface area contributed by atoms with Crippen LogP contribution >= 0.6 is 0 Å². The molecule has 5 aliphatic rings.